The van der Waals surface area contributed by atoms with Crippen molar-refractivity contribution in [2.24, 2.45) is 0 Å². The predicted molar refractivity (Wildman–Crippen MR) is 78.9 cm³/mol. The summed E-state index contributed by atoms with van der Waals surface area (Å²) < 4.78 is 52.9. The topological polar surface area (TPSA) is 46.2 Å². The van der Waals surface area contributed by atoms with Crippen molar-refractivity contribution >= 4 is 21.4 Å². The second-order valence-electron chi connectivity index (χ2n) is 4.46. The molecule has 0 aliphatic carbocycles. The summed E-state index contributed by atoms with van der Waals surface area (Å²) in [4.78, 5) is 0.986. The van der Waals surface area contributed by atoms with Crippen LogP contribution in [0.15, 0.2) is 34.5 Å². The predicted octanol–water partition coefficient (Wildman–Crippen LogP) is 3.11. The van der Waals surface area contributed by atoms with Gasteiger partial charge in [0.25, 0.3) is 0 Å². The molecule has 21 heavy (non-hydrogen) atoms. The third-order valence-electron chi connectivity index (χ3n) is 2.95. The highest BCUT2D eigenvalue weighted by atomic mass is 32.2. The molecule has 0 aliphatic rings. The number of thiophene rings is 1. The van der Waals surface area contributed by atoms with Gasteiger partial charge in [0.2, 0.25) is 10.0 Å². The van der Waals surface area contributed by atoms with Gasteiger partial charge in [-0.05, 0) is 36.6 Å². The number of benzene rings is 1. The van der Waals surface area contributed by atoms with Gasteiger partial charge >= 0.3 is 0 Å². The zero-order valence-corrected chi connectivity index (χ0v) is 13.0. The number of nitrogens with one attached hydrogen (secondary N) is 1. The molecular formula is C14H15F2NO2S2. The average Bonchev–Trinajstić information content (AvgIpc) is 2.91. The Balaban J connectivity index is 1.99. The van der Waals surface area contributed by atoms with Crippen LogP contribution in [0.1, 0.15) is 17.4 Å². The van der Waals surface area contributed by atoms with Crippen LogP contribution in [0.5, 0.6) is 0 Å². The molecule has 0 bridgehead atoms. The van der Waals surface area contributed by atoms with E-state index in [-0.39, 0.29) is 22.7 Å². The first-order valence-corrected chi connectivity index (χ1v) is 8.74. The molecule has 0 atom stereocenters. The summed E-state index contributed by atoms with van der Waals surface area (Å²) in [5, 5.41) is 0. The molecular weight excluding hydrogens is 316 g/mol. The summed E-state index contributed by atoms with van der Waals surface area (Å²) in [6, 6.07) is 6.60. The van der Waals surface area contributed by atoms with Gasteiger partial charge in [0.15, 0.2) is 0 Å². The van der Waals surface area contributed by atoms with Gasteiger partial charge < -0.3 is 0 Å². The first-order valence-electron chi connectivity index (χ1n) is 6.44. The molecule has 7 heteroatoms. The van der Waals surface area contributed by atoms with E-state index in [2.05, 4.69) is 4.72 Å². The lowest BCUT2D eigenvalue weighted by molar-refractivity contribution is 0.566. The molecule has 114 valence electrons. The van der Waals surface area contributed by atoms with Gasteiger partial charge in [0.1, 0.15) is 15.8 Å². The Bertz CT molecular complexity index is 726. The molecule has 0 saturated carbocycles. The van der Waals surface area contributed by atoms with E-state index in [1.54, 1.807) is 12.1 Å². The largest absolute Gasteiger partial charge is 0.250 e. The van der Waals surface area contributed by atoms with Crippen LogP contribution in [0.2, 0.25) is 0 Å². The minimum atomic E-state index is -3.57. The maximum atomic E-state index is 13.4. The standard InChI is InChI=1S/C14H15F2NO2S2/c1-2-12-5-6-14(20-12)21(18,19)17-8-7-10-3-4-11(15)9-13(10)16/h3-6,9,17H,2,7-8H2,1H3. The molecule has 0 spiro atoms. The van der Waals surface area contributed by atoms with E-state index in [1.165, 1.54) is 17.4 Å². The Hall–Kier alpha value is -1.31. The fourth-order valence-corrected chi connectivity index (χ4v) is 4.18. The second-order valence-corrected chi connectivity index (χ2v) is 7.62. The van der Waals surface area contributed by atoms with Crippen LogP contribution < -0.4 is 4.72 Å². The van der Waals surface area contributed by atoms with Gasteiger partial charge in [-0.25, -0.2) is 21.9 Å². The molecule has 0 aliphatic heterocycles. The van der Waals surface area contributed by atoms with Crippen LogP contribution in [0, 0.1) is 11.6 Å². The van der Waals surface area contributed by atoms with Crippen molar-refractivity contribution in [3.63, 3.8) is 0 Å². The lowest BCUT2D eigenvalue weighted by atomic mass is 10.1. The van der Waals surface area contributed by atoms with E-state index in [0.717, 1.165) is 23.4 Å². The number of aryl methyl sites for hydroxylation is 1. The maximum Gasteiger partial charge on any atom is 0.250 e. The third kappa shape index (κ3) is 4.09. The minimum absolute atomic E-state index is 0.0598. The summed E-state index contributed by atoms with van der Waals surface area (Å²) in [6.07, 6.45) is 0.943. The Morgan fingerprint density at radius 3 is 2.57 bits per heavy atom. The van der Waals surface area contributed by atoms with Crippen LogP contribution in [-0.2, 0) is 22.9 Å². The van der Waals surface area contributed by atoms with Crippen LogP contribution in [0.3, 0.4) is 0 Å². The third-order valence-corrected chi connectivity index (χ3v) is 6.13. The number of hydrogen-bond acceptors (Lipinski definition) is 3. The highest BCUT2D eigenvalue weighted by molar-refractivity contribution is 7.91. The van der Waals surface area contributed by atoms with Gasteiger partial charge in [-0.2, -0.15) is 0 Å². The number of halogens is 2. The van der Waals surface area contributed by atoms with E-state index >= 15 is 0 Å². The Morgan fingerprint density at radius 2 is 1.95 bits per heavy atom. The van der Waals surface area contributed by atoms with E-state index in [4.69, 9.17) is 0 Å². The first-order chi connectivity index (χ1) is 9.92. The van der Waals surface area contributed by atoms with Crippen molar-refractivity contribution in [1.29, 1.82) is 0 Å². The highest BCUT2D eigenvalue weighted by Gasteiger charge is 2.16. The van der Waals surface area contributed by atoms with Crippen LogP contribution in [-0.4, -0.2) is 15.0 Å². The molecule has 2 rings (SSSR count). The van der Waals surface area contributed by atoms with Gasteiger partial charge in [-0.15, -0.1) is 11.3 Å². The summed E-state index contributed by atoms with van der Waals surface area (Å²) in [5.41, 5.74) is 0.277. The lowest BCUT2D eigenvalue weighted by Gasteiger charge is -2.06. The van der Waals surface area contributed by atoms with Crippen LogP contribution in [0.25, 0.3) is 0 Å². The van der Waals surface area contributed by atoms with Crippen molar-refractivity contribution < 1.29 is 17.2 Å². The zero-order chi connectivity index (χ0) is 15.5. The van der Waals surface area contributed by atoms with E-state index < -0.39 is 21.7 Å². The molecule has 1 aromatic carbocycles. The van der Waals surface area contributed by atoms with E-state index in [0.29, 0.717) is 0 Å². The van der Waals surface area contributed by atoms with Gasteiger partial charge in [0, 0.05) is 17.5 Å². The van der Waals surface area contributed by atoms with E-state index in [1.807, 2.05) is 6.92 Å². The lowest BCUT2D eigenvalue weighted by Crippen LogP contribution is -2.25. The van der Waals surface area contributed by atoms with E-state index in [9.17, 15) is 17.2 Å². The molecule has 0 amide bonds. The number of rotatable bonds is 6. The van der Waals surface area contributed by atoms with Crippen molar-refractivity contribution in [3.05, 3.63) is 52.4 Å². The molecule has 2 aromatic rings. The average molecular weight is 331 g/mol. The molecule has 0 unspecified atom stereocenters. The molecule has 1 heterocycles. The summed E-state index contributed by atoms with van der Waals surface area (Å²) in [7, 11) is -3.57. The van der Waals surface area contributed by atoms with Gasteiger partial charge in [-0.3, -0.25) is 0 Å². The molecule has 0 saturated heterocycles. The van der Waals surface area contributed by atoms with Crippen LogP contribution in [0.4, 0.5) is 8.78 Å². The summed E-state index contributed by atoms with van der Waals surface area (Å²) >= 11 is 1.22. The summed E-state index contributed by atoms with van der Waals surface area (Å²) in [6.45, 7) is 2.01. The number of hydrogen-bond donors (Lipinski definition) is 1. The van der Waals surface area contributed by atoms with Gasteiger partial charge in [-0.1, -0.05) is 13.0 Å². The molecule has 0 radical (unpaired) electrons. The monoisotopic (exact) mass is 331 g/mol. The number of sulfonamides is 1. The second kappa shape index (κ2) is 6.64. The fourth-order valence-electron chi connectivity index (χ4n) is 1.81. The Labute approximate surface area is 126 Å². The summed E-state index contributed by atoms with van der Waals surface area (Å²) in [5.74, 6) is -1.32. The molecule has 1 N–H and O–H groups in total. The highest BCUT2D eigenvalue weighted by Crippen LogP contribution is 2.21. The van der Waals surface area contributed by atoms with Crippen molar-refractivity contribution in [1.82, 2.24) is 4.72 Å². The molecule has 3 nitrogen and oxygen atoms in total. The zero-order valence-electron chi connectivity index (χ0n) is 11.4. The van der Waals surface area contributed by atoms with Crippen molar-refractivity contribution in [2.45, 2.75) is 24.0 Å². The maximum absolute atomic E-state index is 13.4. The smallest absolute Gasteiger partial charge is 0.210 e. The van der Waals surface area contributed by atoms with Crippen molar-refractivity contribution in [2.75, 3.05) is 6.54 Å². The quantitative estimate of drug-likeness (QED) is 0.884. The minimum Gasteiger partial charge on any atom is -0.210 e. The molecule has 1 aromatic heterocycles. The van der Waals surface area contributed by atoms with Gasteiger partial charge in [0.05, 0.1) is 0 Å². The Kier molecular flexibility index (Phi) is 5.08. The normalized spacial score (nSPS) is 11.8. The first kappa shape index (κ1) is 16.1. The van der Waals surface area contributed by atoms with Crippen LogP contribution >= 0.6 is 11.3 Å². The molecule has 0 fully saturated rings. The Morgan fingerprint density at radius 1 is 1.19 bits per heavy atom. The van der Waals surface area contributed by atoms with Crippen molar-refractivity contribution in [3.8, 4) is 0 Å². The SMILES string of the molecule is CCc1ccc(S(=O)(=O)NCCc2ccc(F)cc2F)s1. The fraction of sp³-hybridized carbons (Fsp3) is 0.286.